The van der Waals surface area contributed by atoms with Crippen LogP contribution in [-0.2, 0) is 26.1 Å². The zero-order chi connectivity index (χ0) is 35.3. The highest BCUT2D eigenvalue weighted by Crippen LogP contribution is 2.39. The van der Waals surface area contributed by atoms with E-state index in [1.54, 1.807) is 18.3 Å². The van der Waals surface area contributed by atoms with Crippen molar-refractivity contribution in [3.8, 4) is 22.4 Å². The lowest BCUT2D eigenvalue weighted by atomic mass is 10.0. The van der Waals surface area contributed by atoms with Crippen molar-refractivity contribution in [3.05, 3.63) is 84.3 Å². The maximum absolute atomic E-state index is 16.7. The van der Waals surface area contributed by atoms with E-state index in [0.29, 0.717) is 47.3 Å². The number of anilines is 1. The van der Waals surface area contributed by atoms with Crippen LogP contribution < -0.4 is 4.31 Å². The Labute approximate surface area is 279 Å². The van der Waals surface area contributed by atoms with Crippen LogP contribution in [-0.4, -0.2) is 90.1 Å². The van der Waals surface area contributed by atoms with Crippen molar-refractivity contribution in [2.75, 3.05) is 44.3 Å². The molecule has 0 spiro atoms. The number of carboxylic acids is 1. The molecule has 2 aromatic heterocycles. The van der Waals surface area contributed by atoms with Crippen molar-refractivity contribution < 1.29 is 45.4 Å². The molecule has 17 heteroatoms. The zero-order valence-electron chi connectivity index (χ0n) is 26.2. The van der Waals surface area contributed by atoms with Crippen LogP contribution >= 0.6 is 0 Å². The summed E-state index contributed by atoms with van der Waals surface area (Å²) in [6, 6.07) is 6.26. The van der Waals surface area contributed by atoms with E-state index in [1.165, 1.54) is 17.1 Å². The molecule has 1 aliphatic rings. The van der Waals surface area contributed by atoms with Gasteiger partial charge in [-0.2, -0.15) is 5.10 Å². The minimum Gasteiger partial charge on any atom is -0.480 e. The van der Waals surface area contributed by atoms with Gasteiger partial charge in [0.2, 0.25) is 0 Å². The maximum Gasteiger partial charge on any atom is 0.411 e. The Morgan fingerprint density at radius 2 is 1.65 bits per heavy atom. The Morgan fingerprint density at radius 1 is 0.959 bits per heavy atom. The second-order valence-corrected chi connectivity index (χ2v) is 13.1. The van der Waals surface area contributed by atoms with Gasteiger partial charge in [-0.05, 0) is 74.0 Å². The van der Waals surface area contributed by atoms with Gasteiger partial charge in [-0.25, -0.2) is 35.1 Å². The first-order chi connectivity index (χ1) is 23.4. The number of aromatic nitrogens is 3. The summed E-state index contributed by atoms with van der Waals surface area (Å²) >= 11 is 0. The molecular weight excluding hydrogens is 672 g/mol. The average Bonchev–Trinajstić information content (AvgIpc) is 3.50. The molecule has 3 heterocycles. The monoisotopic (exact) mass is 704 g/mol. The number of rotatable bonds is 12. The zero-order valence-corrected chi connectivity index (χ0v) is 27.0. The van der Waals surface area contributed by atoms with Crippen molar-refractivity contribution in [2.45, 2.75) is 30.7 Å². The minimum absolute atomic E-state index is 0.120. The molecule has 0 unspecified atom stereocenters. The van der Waals surface area contributed by atoms with E-state index >= 15 is 8.78 Å². The third-order valence-electron chi connectivity index (χ3n) is 7.87. The first kappa shape index (κ1) is 35.3. The lowest BCUT2D eigenvalue weighted by molar-refractivity contribution is -0.137. The van der Waals surface area contributed by atoms with Crippen LogP contribution in [0.15, 0.2) is 66.0 Å². The molecule has 49 heavy (non-hydrogen) atoms. The van der Waals surface area contributed by atoms with Crippen molar-refractivity contribution in [3.63, 3.8) is 0 Å². The summed E-state index contributed by atoms with van der Waals surface area (Å²) < 4.78 is 95.7. The number of amides is 1. The number of nitrogens with zero attached hydrogens (tertiary/aromatic N) is 6. The number of pyridine rings is 1. The predicted octanol–water partition coefficient (Wildman–Crippen LogP) is 4.96. The lowest BCUT2D eigenvalue weighted by Crippen LogP contribution is -2.39. The molecule has 12 nitrogen and oxygen atoms in total. The Bertz CT molecular complexity index is 1940. The molecule has 0 saturated carbocycles. The van der Waals surface area contributed by atoms with Crippen molar-refractivity contribution in [1.82, 2.24) is 24.6 Å². The van der Waals surface area contributed by atoms with Crippen LogP contribution in [0, 0.1) is 23.3 Å². The first-order valence-electron chi connectivity index (χ1n) is 15.1. The summed E-state index contributed by atoms with van der Waals surface area (Å²) in [5, 5.41) is 13.5. The second-order valence-electron chi connectivity index (χ2n) is 11.3. The summed E-state index contributed by atoms with van der Waals surface area (Å²) in [7, 11) is -4.22. The van der Waals surface area contributed by atoms with Crippen molar-refractivity contribution in [1.29, 1.82) is 0 Å². The lowest BCUT2D eigenvalue weighted by Gasteiger charge is -2.26. The molecule has 0 atom stereocenters. The van der Waals surface area contributed by atoms with Gasteiger partial charge in [0.25, 0.3) is 10.0 Å². The van der Waals surface area contributed by atoms with Gasteiger partial charge in [-0.1, -0.05) is 6.42 Å². The van der Waals surface area contributed by atoms with Crippen molar-refractivity contribution in [2.24, 2.45) is 0 Å². The van der Waals surface area contributed by atoms with Crippen LogP contribution in [0.2, 0.25) is 0 Å². The quantitative estimate of drug-likeness (QED) is 0.160. The number of benzene rings is 2. The van der Waals surface area contributed by atoms with Crippen LogP contribution in [0.3, 0.4) is 0 Å². The largest absolute Gasteiger partial charge is 0.480 e. The van der Waals surface area contributed by atoms with E-state index in [-0.39, 0.29) is 10.00 Å². The number of hydrogen-bond acceptors (Lipinski definition) is 8. The molecule has 1 aliphatic heterocycles. The number of sulfonamides is 1. The number of likely N-dealkylation sites (N-methyl/N-ethyl adjacent to an activating group) is 1. The number of piperidine rings is 1. The van der Waals surface area contributed by atoms with E-state index in [2.05, 4.69) is 15.0 Å². The number of halogens is 4. The first-order valence-corrected chi connectivity index (χ1v) is 16.6. The SMILES string of the molecule is CN(CC(=O)O)C(=O)OCN(c1ccc(F)c(-c2nn(CCN3CCCCC3)cc2-c2ccncc2)c1F)S(=O)(=O)c1cc(F)ccc1F. The molecule has 0 aliphatic carbocycles. The minimum atomic E-state index is -5.26. The highest BCUT2D eigenvalue weighted by molar-refractivity contribution is 7.92. The smallest absolute Gasteiger partial charge is 0.411 e. The number of aliphatic carboxylic acids is 1. The van der Waals surface area contributed by atoms with Crippen molar-refractivity contribution >= 4 is 27.8 Å². The average molecular weight is 705 g/mol. The van der Waals surface area contributed by atoms with Crippen LogP contribution in [0.1, 0.15) is 19.3 Å². The van der Waals surface area contributed by atoms with Gasteiger partial charge < -0.3 is 19.6 Å². The van der Waals surface area contributed by atoms with Crippen LogP contribution in [0.25, 0.3) is 22.4 Å². The van der Waals surface area contributed by atoms with E-state index in [9.17, 15) is 26.8 Å². The molecule has 1 amide bonds. The van der Waals surface area contributed by atoms with Gasteiger partial charge in [0.05, 0.1) is 17.8 Å². The molecule has 2 aromatic carbocycles. The third kappa shape index (κ3) is 8.00. The third-order valence-corrected chi connectivity index (χ3v) is 9.62. The molecule has 5 rings (SSSR count). The van der Waals surface area contributed by atoms with Gasteiger partial charge in [0, 0.05) is 37.7 Å². The van der Waals surface area contributed by atoms with Gasteiger partial charge in [-0.15, -0.1) is 0 Å². The van der Waals surface area contributed by atoms with Gasteiger partial charge >= 0.3 is 12.1 Å². The molecule has 4 aromatic rings. The fraction of sp³-hybridized carbons (Fsp3) is 0.312. The molecule has 1 fully saturated rings. The number of carbonyl (C=O) groups excluding carboxylic acids is 1. The molecule has 0 bridgehead atoms. The molecule has 260 valence electrons. The summed E-state index contributed by atoms with van der Waals surface area (Å²) in [5.41, 5.74) is -1.02. The fourth-order valence-corrected chi connectivity index (χ4v) is 6.80. The highest BCUT2D eigenvalue weighted by atomic mass is 32.2. The summed E-state index contributed by atoms with van der Waals surface area (Å²) in [4.78, 5) is 29.2. The fourth-order valence-electron chi connectivity index (χ4n) is 5.39. The van der Waals surface area contributed by atoms with Gasteiger partial charge in [0.1, 0.15) is 34.6 Å². The maximum atomic E-state index is 16.7. The topological polar surface area (TPSA) is 138 Å². The van der Waals surface area contributed by atoms with Crippen LogP contribution in [0.4, 0.5) is 28.0 Å². The molecular formula is C32H32F4N6O6S. The van der Waals surface area contributed by atoms with Crippen LogP contribution in [0.5, 0.6) is 0 Å². The van der Waals surface area contributed by atoms with E-state index in [0.717, 1.165) is 51.5 Å². The number of carboxylic acid groups (broad SMARTS) is 1. The summed E-state index contributed by atoms with van der Waals surface area (Å²) in [6.45, 7) is 0.643. The Hall–Kier alpha value is -5.03. The predicted molar refractivity (Wildman–Crippen MR) is 169 cm³/mol. The normalized spacial score (nSPS) is 13.7. The molecule has 1 N–H and O–H groups in total. The molecule has 0 radical (unpaired) electrons. The number of ether oxygens (including phenoxy) is 1. The number of likely N-dealkylation sites (tertiary alicyclic amines) is 1. The van der Waals surface area contributed by atoms with Gasteiger partial charge in [-0.3, -0.25) is 14.5 Å². The second kappa shape index (κ2) is 15.0. The molecule has 1 saturated heterocycles. The summed E-state index contributed by atoms with van der Waals surface area (Å²) in [5.74, 6) is -6.55. The van der Waals surface area contributed by atoms with E-state index < -0.39 is 74.8 Å². The summed E-state index contributed by atoms with van der Waals surface area (Å²) in [6.07, 6.45) is 6.48. The van der Waals surface area contributed by atoms with E-state index in [1.807, 2.05) is 0 Å². The van der Waals surface area contributed by atoms with E-state index in [4.69, 9.17) is 9.84 Å². The Balaban J connectivity index is 1.61. The van der Waals surface area contributed by atoms with Gasteiger partial charge in [0.15, 0.2) is 12.5 Å². The Kier molecular flexibility index (Phi) is 10.8. The number of carbonyl (C=O) groups is 2. The highest BCUT2D eigenvalue weighted by Gasteiger charge is 2.34. The Morgan fingerprint density at radius 3 is 2.35 bits per heavy atom. The number of hydrogen-bond donors (Lipinski definition) is 1. The standard InChI is InChI=1S/C32H32F4N6O6S/c1-39(19-28(43)44)32(45)48-20-42(49(46,47)27-17-22(33)5-6-24(27)34)26-8-7-25(35)29(30(26)36)31-23(21-9-11-37-12-10-21)18-41(38-31)16-15-40-13-3-2-4-14-40/h5-12,17-18H,2-4,13-16,19-20H2,1H3,(H,43,44).